The molecule has 2 heterocycles. The smallest absolute Gasteiger partial charge is 0.325 e. The Bertz CT molecular complexity index is 471. The second kappa shape index (κ2) is 5.83. The molecule has 104 valence electrons. The van der Waals surface area contributed by atoms with Crippen LogP contribution in [0.5, 0.6) is 0 Å². The number of hydrogen-bond acceptors (Lipinski definition) is 6. The van der Waals surface area contributed by atoms with Gasteiger partial charge in [-0.1, -0.05) is 0 Å². The van der Waals surface area contributed by atoms with Crippen LogP contribution in [0.25, 0.3) is 0 Å². The van der Waals surface area contributed by atoms with Crippen molar-refractivity contribution in [2.24, 2.45) is 0 Å². The molecule has 0 aromatic carbocycles. The number of likely N-dealkylation sites (N-methyl/N-ethyl adjacent to an activating group) is 1. The largest absolute Gasteiger partial charge is 0.465 e. The van der Waals surface area contributed by atoms with E-state index in [1.165, 1.54) is 11.3 Å². The summed E-state index contributed by atoms with van der Waals surface area (Å²) in [6.07, 6.45) is 1.90. The molecule has 1 unspecified atom stereocenters. The van der Waals surface area contributed by atoms with Crippen molar-refractivity contribution in [1.82, 2.24) is 15.2 Å². The summed E-state index contributed by atoms with van der Waals surface area (Å²) in [6.45, 7) is 2.42. The number of hydrogen-bond donors (Lipinski definition) is 1. The number of ether oxygens (including phenoxy) is 1. The molecular weight excluding hydrogens is 250 g/mol. The maximum Gasteiger partial charge on any atom is 0.325 e. The first-order chi connectivity index (χ1) is 9.17. The van der Waals surface area contributed by atoms with Crippen molar-refractivity contribution in [3.63, 3.8) is 0 Å². The molecule has 7 heteroatoms. The van der Waals surface area contributed by atoms with Gasteiger partial charge < -0.3 is 19.4 Å². The minimum atomic E-state index is -0.602. The number of nitrogens with zero attached hydrogens (tertiary/aromatic N) is 2. The van der Waals surface area contributed by atoms with Gasteiger partial charge in [0.25, 0.3) is 0 Å². The van der Waals surface area contributed by atoms with Gasteiger partial charge in [0.15, 0.2) is 12.2 Å². The summed E-state index contributed by atoms with van der Waals surface area (Å²) >= 11 is 0. The highest BCUT2D eigenvalue weighted by Gasteiger charge is 2.34. The Hall–Kier alpha value is -1.89. The Kier molecular flexibility index (Phi) is 4.16. The van der Waals surface area contributed by atoms with Crippen LogP contribution in [0, 0.1) is 0 Å². The van der Waals surface area contributed by atoms with Crippen molar-refractivity contribution in [3.8, 4) is 0 Å². The second-order valence-corrected chi connectivity index (χ2v) is 4.20. The number of esters is 1. The van der Waals surface area contributed by atoms with Gasteiger partial charge in [0.2, 0.25) is 5.91 Å². The number of carbonyl (C=O) groups excluding carboxylic acids is 2. The minimum absolute atomic E-state index is 0.0465. The van der Waals surface area contributed by atoms with Gasteiger partial charge in [-0.05, 0) is 14.0 Å². The van der Waals surface area contributed by atoms with E-state index in [-0.39, 0.29) is 12.5 Å². The lowest BCUT2D eigenvalue weighted by atomic mass is 10.1. The summed E-state index contributed by atoms with van der Waals surface area (Å²) in [4.78, 5) is 29.4. The van der Waals surface area contributed by atoms with Gasteiger partial charge in [0.1, 0.15) is 12.6 Å². The topological polar surface area (TPSA) is 84.7 Å². The summed E-state index contributed by atoms with van der Waals surface area (Å²) in [5.41, 5.74) is 0.749. The molecule has 1 aromatic heterocycles. The first-order valence-corrected chi connectivity index (χ1v) is 6.21. The number of rotatable bonds is 4. The maximum atomic E-state index is 12.3. The van der Waals surface area contributed by atoms with E-state index in [0.717, 1.165) is 5.69 Å². The van der Waals surface area contributed by atoms with Crippen LogP contribution in [0.3, 0.4) is 0 Å². The van der Waals surface area contributed by atoms with Crippen molar-refractivity contribution in [3.05, 3.63) is 17.8 Å². The summed E-state index contributed by atoms with van der Waals surface area (Å²) in [7, 11) is 1.67. The number of nitrogens with one attached hydrogen (secondary N) is 1. The molecule has 7 nitrogen and oxygen atoms in total. The van der Waals surface area contributed by atoms with E-state index in [1.54, 1.807) is 14.0 Å². The lowest BCUT2D eigenvalue weighted by Gasteiger charge is -2.22. The predicted molar refractivity (Wildman–Crippen MR) is 65.2 cm³/mol. The molecule has 1 N–H and O–H groups in total. The number of carbonyl (C=O) groups is 2. The van der Waals surface area contributed by atoms with Gasteiger partial charge >= 0.3 is 5.97 Å². The van der Waals surface area contributed by atoms with Crippen LogP contribution in [0.15, 0.2) is 10.8 Å². The number of aromatic nitrogens is 1. The zero-order valence-corrected chi connectivity index (χ0v) is 11.0. The highest BCUT2D eigenvalue weighted by molar-refractivity contribution is 5.87. The van der Waals surface area contributed by atoms with Crippen molar-refractivity contribution >= 4 is 11.9 Å². The predicted octanol–water partition coefficient (Wildman–Crippen LogP) is -0.117. The second-order valence-electron chi connectivity index (χ2n) is 4.20. The molecule has 0 aliphatic carbocycles. The SMILES string of the molecule is CCOC(=O)CN1CCc2ncoc2C(NC)C1=O. The highest BCUT2D eigenvalue weighted by Crippen LogP contribution is 2.23. The van der Waals surface area contributed by atoms with Crippen LogP contribution in [0.4, 0.5) is 0 Å². The van der Waals surface area contributed by atoms with Crippen molar-refractivity contribution in [1.29, 1.82) is 0 Å². The molecule has 0 spiro atoms. The average Bonchev–Trinajstić information content (AvgIpc) is 2.79. The highest BCUT2D eigenvalue weighted by atomic mass is 16.5. The third-order valence-electron chi connectivity index (χ3n) is 3.03. The molecule has 0 radical (unpaired) electrons. The molecule has 1 amide bonds. The van der Waals surface area contributed by atoms with Crippen LogP contribution in [0.2, 0.25) is 0 Å². The lowest BCUT2D eigenvalue weighted by Crippen LogP contribution is -2.42. The summed E-state index contributed by atoms with van der Waals surface area (Å²) in [6, 6.07) is -0.602. The number of oxazole rings is 1. The molecule has 0 saturated carbocycles. The van der Waals surface area contributed by atoms with Crippen LogP contribution >= 0.6 is 0 Å². The molecule has 1 aliphatic heterocycles. The van der Waals surface area contributed by atoms with E-state index in [0.29, 0.717) is 25.3 Å². The zero-order chi connectivity index (χ0) is 13.8. The third kappa shape index (κ3) is 2.76. The monoisotopic (exact) mass is 267 g/mol. The average molecular weight is 267 g/mol. The van der Waals surface area contributed by atoms with Gasteiger partial charge in [-0.15, -0.1) is 0 Å². The summed E-state index contributed by atoms with van der Waals surface area (Å²) in [5.74, 6) is -0.0814. The van der Waals surface area contributed by atoms with E-state index in [1.807, 2.05) is 0 Å². The molecule has 1 aromatic rings. The number of fused-ring (bicyclic) bond motifs is 1. The minimum Gasteiger partial charge on any atom is -0.465 e. The summed E-state index contributed by atoms with van der Waals surface area (Å²) in [5, 5.41) is 2.89. The van der Waals surface area contributed by atoms with Crippen LogP contribution in [-0.2, 0) is 20.7 Å². The van der Waals surface area contributed by atoms with Gasteiger partial charge in [-0.3, -0.25) is 9.59 Å². The van der Waals surface area contributed by atoms with Crippen molar-refractivity contribution < 1.29 is 18.7 Å². The van der Waals surface area contributed by atoms with Crippen LogP contribution < -0.4 is 5.32 Å². The Balaban J connectivity index is 2.15. The fourth-order valence-corrected chi connectivity index (χ4v) is 2.12. The first kappa shape index (κ1) is 13.5. The van der Waals surface area contributed by atoms with Crippen LogP contribution in [-0.4, -0.2) is 48.5 Å². The number of amides is 1. The van der Waals surface area contributed by atoms with Crippen LogP contribution in [0.1, 0.15) is 24.4 Å². The van der Waals surface area contributed by atoms with Crippen molar-refractivity contribution in [2.45, 2.75) is 19.4 Å². The Labute approximate surface area is 110 Å². The first-order valence-electron chi connectivity index (χ1n) is 6.21. The zero-order valence-electron chi connectivity index (χ0n) is 11.0. The molecule has 0 bridgehead atoms. The van der Waals surface area contributed by atoms with E-state index < -0.39 is 12.0 Å². The lowest BCUT2D eigenvalue weighted by molar-refractivity contribution is -0.149. The van der Waals surface area contributed by atoms with Crippen molar-refractivity contribution in [2.75, 3.05) is 26.7 Å². The van der Waals surface area contributed by atoms with Gasteiger partial charge in [-0.2, -0.15) is 0 Å². The maximum absolute atomic E-state index is 12.3. The standard InChI is InChI=1S/C12H17N3O4/c1-3-18-9(16)6-15-5-4-8-11(19-7-14-8)10(13-2)12(15)17/h7,10,13H,3-6H2,1-2H3. The molecular formula is C12H17N3O4. The van der Waals surface area contributed by atoms with E-state index in [9.17, 15) is 9.59 Å². The molecule has 0 saturated heterocycles. The Morgan fingerprint density at radius 1 is 1.68 bits per heavy atom. The van der Waals surface area contributed by atoms with E-state index in [2.05, 4.69) is 10.3 Å². The Morgan fingerprint density at radius 3 is 3.16 bits per heavy atom. The van der Waals surface area contributed by atoms with Gasteiger partial charge in [0, 0.05) is 13.0 Å². The van der Waals surface area contributed by atoms with Gasteiger partial charge in [0.05, 0.1) is 12.3 Å². The summed E-state index contributed by atoms with van der Waals surface area (Å²) < 4.78 is 10.1. The molecule has 1 aliphatic rings. The fraction of sp³-hybridized carbons (Fsp3) is 0.583. The molecule has 19 heavy (non-hydrogen) atoms. The molecule has 2 rings (SSSR count). The normalized spacial score (nSPS) is 18.9. The molecule has 1 atom stereocenters. The Morgan fingerprint density at radius 2 is 2.47 bits per heavy atom. The van der Waals surface area contributed by atoms with E-state index in [4.69, 9.17) is 9.15 Å². The van der Waals surface area contributed by atoms with E-state index >= 15 is 0 Å². The third-order valence-corrected chi connectivity index (χ3v) is 3.03. The van der Waals surface area contributed by atoms with Gasteiger partial charge in [-0.25, -0.2) is 4.98 Å². The fourth-order valence-electron chi connectivity index (χ4n) is 2.12. The molecule has 0 fully saturated rings. The quantitative estimate of drug-likeness (QED) is 0.766.